The minimum atomic E-state index is -0.871. The minimum absolute atomic E-state index is 0.0320. The summed E-state index contributed by atoms with van der Waals surface area (Å²) in [6.45, 7) is 0.604. The van der Waals surface area contributed by atoms with Gasteiger partial charge < -0.3 is 10.0 Å². The zero-order valence-electron chi connectivity index (χ0n) is 13.5. The molecule has 0 radical (unpaired) electrons. The molecule has 136 valence electrons. The Morgan fingerprint density at radius 3 is 2.84 bits per heavy atom. The van der Waals surface area contributed by atoms with Crippen molar-refractivity contribution >= 4 is 40.9 Å². The number of halogens is 1. The molecule has 1 aromatic carbocycles. The van der Waals surface area contributed by atoms with Gasteiger partial charge in [0.05, 0.1) is 15.6 Å². The van der Waals surface area contributed by atoms with Crippen molar-refractivity contribution in [3.8, 4) is 0 Å². The lowest BCUT2D eigenvalue weighted by Crippen LogP contribution is -2.44. The van der Waals surface area contributed by atoms with Gasteiger partial charge in [0.15, 0.2) is 0 Å². The molecule has 9 heteroatoms. The van der Waals surface area contributed by atoms with Gasteiger partial charge in [-0.3, -0.25) is 19.7 Å². The van der Waals surface area contributed by atoms with E-state index in [4.69, 9.17) is 16.7 Å². The third kappa shape index (κ3) is 5.61. The van der Waals surface area contributed by atoms with Gasteiger partial charge in [0.25, 0.3) is 5.69 Å². The summed E-state index contributed by atoms with van der Waals surface area (Å²) in [6, 6.07) is 4.29. The van der Waals surface area contributed by atoms with Gasteiger partial charge in [-0.15, -0.1) is 11.8 Å². The SMILES string of the molecule is O=C(O)CCC1CCCCN1C(=O)CSc1ccc(Cl)cc1[N+](=O)[O-]. The Bertz CT molecular complexity index is 670. The number of carbonyl (C=O) groups is 2. The Hall–Kier alpha value is -1.80. The Kier molecular flexibility index (Phi) is 7.07. The smallest absolute Gasteiger partial charge is 0.303 e. The van der Waals surface area contributed by atoms with Gasteiger partial charge in [-0.1, -0.05) is 11.6 Å². The molecule has 25 heavy (non-hydrogen) atoms. The third-order valence-electron chi connectivity index (χ3n) is 4.11. The summed E-state index contributed by atoms with van der Waals surface area (Å²) in [5.41, 5.74) is -0.119. The largest absolute Gasteiger partial charge is 0.481 e. The number of carboxylic acids is 1. The number of benzene rings is 1. The van der Waals surface area contributed by atoms with Crippen molar-refractivity contribution in [1.29, 1.82) is 0 Å². The standard InChI is InChI=1S/C16H19ClN2O5S/c17-11-4-6-14(13(9-11)19(23)24)25-10-15(20)18-8-2-1-3-12(18)5-7-16(21)22/h4,6,9,12H,1-3,5,7-8,10H2,(H,21,22). The van der Waals surface area contributed by atoms with E-state index >= 15 is 0 Å². The maximum Gasteiger partial charge on any atom is 0.303 e. The normalized spacial score (nSPS) is 17.3. The molecular weight excluding hydrogens is 368 g/mol. The highest BCUT2D eigenvalue weighted by Crippen LogP contribution is 2.32. The molecular formula is C16H19ClN2O5S. The van der Waals surface area contributed by atoms with Crippen molar-refractivity contribution in [2.75, 3.05) is 12.3 Å². The quantitative estimate of drug-likeness (QED) is 0.436. The highest BCUT2D eigenvalue weighted by Gasteiger charge is 2.27. The molecule has 1 amide bonds. The molecule has 1 heterocycles. The van der Waals surface area contributed by atoms with E-state index in [1.165, 1.54) is 12.1 Å². The maximum atomic E-state index is 12.5. The molecule has 0 saturated carbocycles. The van der Waals surface area contributed by atoms with Crippen LogP contribution in [0.25, 0.3) is 0 Å². The third-order valence-corrected chi connectivity index (χ3v) is 5.39. The van der Waals surface area contributed by atoms with Crippen LogP contribution in [0, 0.1) is 10.1 Å². The number of nitrogens with zero attached hydrogens (tertiary/aromatic N) is 2. The van der Waals surface area contributed by atoms with Crippen molar-refractivity contribution in [3.05, 3.63) is 33.3 Å². The van der Waals surface area contributed by atoms with Crippen LogP contribution >= 0.6 is 23.4 Å². The summed E-state index contributed by atoms with van der Waals surface area (Å²) in [5.74, 6) is -0.917. The van der Waals surface area contributed by atoms with E-state index in [0.717, 1.165) is 31.0 Å². The molecule has 0 aromatic heterocycles. The Morgan fingerprint density at radius 2 is 2.16 bits per heavy atom. The van der Waals surface area contributed by atoms with E-state index in [1.807, 2.05) is 0 Å². The first-order valence-corrected chi connectivity index (χ1v) is 9.33. The zero-order chi connectivity index (χ0) is 18.4. The second-order valence-electron chi connectivity index (χ2n) is 5.83. The number of likely N-dealkylation sites (tertiary alicyclic amines) is 1. The van der Waals surface area contributed by atoms with Crippen molar-refractivity contribution in [2.24, 2.45) is 0 Å². The molecule has 0 spiro atoms. The summed E-state index contributed by atoms with van der Waals surface area (Å²) >= 11 is 6.89. The van der Waals surface area contributed by atoms with Gasteiger partial charge in [-0.2, -0.15) is 0 Å². The molecule has 0 aliphatic carbocycles. The molecule has 1 aliphatic rings. The number of carboxylic acid groups (broad SMARTS) is 1. The molecule has 1 saturated heterocycles. The highest BCUT2D eigenvalue weighted by atomic mass is 35.5. The number of thioether (sulfide) groups is 1. The van der Waals surface area contributed by atoms with E-state index < -0.39 is 10.9 Å². The number of hydrogen-bond acceptors (Lipinski definition) is 5. The molecule has 1 unspecified atom stereocenters. The molecule has 0 bridgehead atoms. The van der Waals surface area contributed by atoms with E-state index in [2.05, 4.69) is 0 Å². The summed E-state index contributed by atoms with van der Waals surface area (Å²) in [4.78, 5) is 36.0. The molecule has 1 aliphatic heterocycles. The van der Waals surface area contributed by atoms with Crippen molar-refractivity contribution < 1.29 is 19.6 Å². The van der Waals surface area contributed by atoms with Crippen LogP contribution in [0.4, 0.5) is 5.69 Å². The molecule has 1 atom stereocenters. The highest BCUT2D eigenvalue weighted by molar-refractivity contribution is 8.00. The fourth-order valence-electron chi connectivity index (χ4n) is 2.90. The lowest BCUT2D eigenvalue weighted by Gasteiger charge is -2.35. The van der Waals surface area contributed by atoms with Gasteiger partial charge in [0.1, 0.15) is 0 Å². The number of carbonyl (C=O) groups excluding carboxylic acids is 1. The van der Waals surface area contributed by atoms with Crippen LogP contribution in [0.2, 0.25) is 5.02 Å². The summed E-state index contributed by atoms with van der Waals surface area (Å²) in [5, 5.41) is 20.2. The fourth-order valence-corrected chi connectivity index (χ4v) is 3.95. The maximum absolute atomic E-state index is 12.5. The Labute approximate surface area is 154 Å². The number of nitro groups is 1. The number of amides is 1. The average Bonchev–Trinajstić information content (AvgIpc) is 2.58. The molecule has 1 N–H and O–H groups in total. The van der Waals surface area contributed by atoms with Crippen molar-refractivity contribution in [1.82, 2.24) is 4.90 Å². The zero-order valence-corrected chi connectivity index (χ0v) is 15.1. The topological polar surface area (TPSA) is 101 Å². The Balaban J connectivity index is 2.01. The number of aliphatic carboxylic acids is 1. The van der Waals surface area contributed by atoms with Crippen molar-refractivity contribution in [2.45, 2.75) is 43.0 Å². The average molecular weight is 387 g/mol. The van der Waals surface area contributed by atoms with Crippen LogP contribution in [0.1, 0.15) is 32.1 Å². The first-order chi connectivity index (χ1) is 11.9. The summed E-state index contributed by atoms with van der Waals surface area (Å²) in [6.07, 6.45) is 3.13. The van der Waals surface area contributed by atoms with Gasteiger partial charge in [0, 0.05) is 30.1 Å². The Morgan fingerprint density at radius 1 is 1.40 bits per heavy atom. The van der Waals surface area contributed by atoms with Gasteiger partial charge >= 0.3 is 5.97 Å². The van der Waals surface area contributed by atoms with Crippen LogP contribution in [-0.2, 0) is 9.59 Å². The first kappa shape index (κ1) is 19.5. The molecule has 2 rings (SSSR count). The van der Waals surface area contributed by atoms with Gasteiger partial charge in [-0.25, -0.2) is 0 Å². The molecule has 1 fully saturated rings. The monoisotopic (exact) mass is 386 g/mol. The van der Waals surface area contributed by atoms with Crippen LogP contribution in [0.15, 0.2) is 23.1 Å². The molecule has 7 nitrogen and oxygen atoms in total. The number of hydrogen-bond donors (Lipinski definition) is 1. The van der Waals surface area contributed by atoms with Crippen LogP contribution < -0.4 is 0 Å². The number of rotatable bonds is 7. The number of piperidine rings is 1. The van der Waals surface area contributed by atoms with Crippen LogP contribution in [-0.4, -0.2) is 45.1 Å². The van der Waals surface area contributed by atoms with E-state index in [9.17, 15) is 19.7 Å². The van der Waals surface area contributed by atoms with Crippen LogP contribution in [0.5, 0.6) is 0 Å². The predicted molar refractivity (Wildman–Crippen MR) is 95.1 cm³/mol. The van der Waals surface area contributed by atoms with Crippen LogP contribution in [0.3, 0.4) is 0 Å². The lowest BCUT2D eigenvalue weighted by atomic mass is 9.98. The first-order valence-electron chi connectivity index (χ1n) is 7.96. The number of nitro benzene ring substituents is 1. The summed E-state index contributed by atoms with van der Waals surface area (Å²) < 4.78 is 0. The fraction of sp³-hybridized carbons (Fsp3) is 0.500. The second kappa shape index (κ2) is 9.05. The second-order valence-corrected chi connectivity index (χ2v) is 7.28. The van der Waals surface area contributed by atoms with Gasteiger partial charge in [-0.05, 0) is 37.8 Å². The van der Waals surface area contributed by atoms with E-state index in [-0.39, 0.29) is 34.8 Å². The van der Waals surface area contributed by atoms with E-state index in [1.54, 1.807) is 11.0 Å². The van der Waals surface area contributed by atoms with E-state index in [0.29, 0.717) is 17.9 Å². The lowest BCUT2D eigenvalue weighted by molar-refractivity contribution is -0.387. The van der Waals surface area contributed by atoms with Gasteiger partial charge in [0.2, 0.25) is 5.91 Å². The minimum Gasteiger partial charge on any atom is -0.481 e. The predicted octanol–water partition coefficient (Wildman–Crippen LogP) is 3.59. The summed E-state index contributed by atoms with van der Waals surface area (Å²) in [7, 11) is 0. The van der Waals surface area contributed by atoms with Crippen molar-refractivity contribution in [3.63, 3.8) is 0 Å². The molecule has 1 aromatic rings.